The van der Waals surface area contributed by atoms with Crippen molar-refractivity contribution in [2.75, 3.05) is 14.2 Å². The standard InChI is InChI=1S/C20H21N3O2S/c1-24-14-7-4-13(5-8-14)19-16-10-6-12-3-9-15(25-2)11-17(12)18(16)22-23(19)20(21)26/h3-5,7-9,11,16,19H,6,10H2,1-2H3,(H2,21,26)/t16?,19-/m0/s1. The zero-order valence-corrected chi connectivity index (χ0v) is 15.6. The third-order valence-electron chi connectivity index (χ3n) is 5.21. The lowest BCUT2D eigenvalue weighted by molar-refractivity contribution is 0.309. The zero-order chi connectivity index (χ0) is 18.3. The van der Waals surface area contributed by atoms with Crippen molar-refractivity contribution in [2.45, 2.75) is 18.9 Å². The molecule has 1 heterocycles. The molecule has 1 aliphatic heterocycles. The van der Waals surface area contributed by atoms with Crippen LogP contribution in [-0.4, -0.2) is 30.1 Å². The van der Waals surface area contributed by atoms with Crippen LogP contribution in [0.2, 0.25) is 0 Å². The number of hydrogen-bond donors (Lipinski definition) is 1. The number of methoxy groups -OCH3 is 2. The molecule has 0 radical (unpaired) electrons. The Bertz CT molecular complexity index is 879. The number of fused-ring (bicyclic) bond motifs is 3. The van der Waals surface area contributed by atoms with Crippen molar-refractivity contribution in [3.63, 3.8) is 0 Å². The molecule has 0 fully saturated rings. The second-order valence-corrected chi connectivity index (χ2v) is 6.97. The number of hydrogen-bond acceptors (Lipinski definition) is 4. The molecule has 134 valence electrons. The van der Waals surface area contributed by atoms with Gasteiger partial charge in [-0.15, -0.1) is 0 Å². The van der Waals surface area contributed by atoms with E-state index >= 15 is 0 Å². The Morgan fingerprint density at radius 1 is 1.12 bits per heavy atom. The summed E-state index contributed by atoms with van der Waals surface area (Å²) in [5, 5.41) is 6.90. The van der Waals surface area contributed by atoms with Gasteiger partial charge < -0.3 is 15.2 Å². The van der Waals surface area contributed by atoms with E-state index in [0.29, 0.717) is 0 Å². The Kier molecular flexibility index (Phi) is 4.28. The summed E-state index contributed by atoms with van der Waals surface area (Å²) in [7, 11) is 3.35. The van der Waals surface area contributed by atoms with E-state index in [1.54, 1.807) is 19.2 Å². The zero-order valence-electron chi connectivity index (χ0n) is 14.8. The first kappa shape index (κ1) is 16.8. The number of nitrogens with zero attached hydrogens (tertiary/aromatic N) is 2. The lowest BCUT2D eigenvalue weighted by atomic mass is 9.77. The Morgan fingerprint density at radius 3 is 2.46 bits per heavy atom. The Labute approximate surface area is 158 Å². The summed E-state index contributed by atoms with van der Waals surface area (Å²) in [4.78, 5) is 0. The van der Waals surface area contributed by atoms with Crippen LogP contribution in [0.1, 0.15) is 29.2 Å². The molecule has 0 spiro atoms. The van der Waals surface area contributed by atoms with Gasteiger partial charge in [-0.3, -0.25) is 0 Å². The molecule has 5 nitrogen and oxygen atoms in total. The van der Waals surface area contributed by atoms with Gasteiger partial charge in [0.1, 0.15) is 11.5 Å². The van der Waals surface area contributed by atoms with E-state index < -0.39 is 0 Å². The summed E-state index contributed by atoms with van der Waals surface area (Å²) in [5.74, 6) is 1.90. The summed E-state index contributed by atoms with van der Waals surface area (Å²) in [5.41, 5.74) is 10.6. The van der Waals surface area contributed by atoms with Gasteiger partial charge in [-0.05, 0) is 60.5 Å². The van der Waals surface area contributed by atoms with Crippen LogP contribution >= 0.6 is 12.2 Å². The summed E-state index contributed by atoms with van der Waals surface area (Å²) in [6, 6.07) is 14.2. The number of aryl methyl sites for hydroxylation is 1. The van der Waals surface area contributed by atoms with E-state index in [4.69, 9.17) is 32.5 Å². The van der Waals surface area contributed by atoms with Crippen LogP contribution in [0, 0.1) is 5.92 Å². The van der Waals surface area contributed by atoms with Gasteiger partial charge in [0.25, 0.3) is 0 Å². The highest BCUT2D eigenvalue weighted by atomic mass is 32.1. The minimum Gasteiger partial charge on any atom is -0.497 e. The predicted molar refractivity (Wildman–Crippen MR) is 106 cm³/mol. The fourth-order valence-corrected chi connectivity index (χ4v) is 4.09. The largest absolute Gasteiger partial charge is 0.497 e. The number of ether oxygens (including phenoxy) is 2. The molecule has 2 aromatic carbocycles. The summed E-state index contributed by atoms with van der Waals surface area (Å²) < 4.78 is 10.7. The van der Waals surface area contributed by atoms with Crippen molar-refractivity contribution in [3.05, 3.63) is 59.2 Å². The van der Waals surface area contributed by atoms with Crippen molar-refractivity contribution < 1.29 is 9.47 Å². The summed E-state index contributed by atoms with van der Waals surface area (Å²) in [6.07, 6.45) is 2.01. The maximum absolute atomic E-state index is 6.01. The average Bonchev–Trinajstić information content (AvgIpc) is 3.08. The van der Waals surface area contributed by atoms with Crippen molar-refractivity contribution in [1.82, 2.24) is 5.01 Å². The van der Waals surface area contributed by atoms with Crippen molar-refractivity contribution >= 4 is 23.0 Å². The number of rotatable bonds is 3. The van der Waals surface area contributed by atoms with E-state index in [1.807, 2.05) is 18.2 Å². The predicted octanol–water partition coefficient (Wildman–Crippen LogP) is 3.27. The lowest BCUT2D eigenvalue weighted by Crippen LogP contribution is -2.35. The Hall–Kier alpha value is -2.60. The molecule has 0 saturated heterocycles. The number of hydrazone groups is 1. The van der Waals surface area contributed by atoms with E-state index in [2.05, 4.69) is 24.3 Å². The Balaban J connectivity index is 1.77. The van der Waals surface area contributed by atoms with Crippen LogP contribution in [0.15, 0.2) is 47.6 Å². The number of thiocarbonyl (C=S) groups is 1. The highest BCUT2D eigenvalue weighted by Crippen LogP contribution is 2.44. The molecule has 1 unspecified atom stereocenters. The normalized spacial score (nSPS) is 20.8. The van der Waals surface area contributed by atoms with Gasteiger partial charge in [-0.25, -0.2) is 5.01 Å². The SMILES string of the molecule is COc1ccc([C@H]2C3CCc4ccc(OC)cc4C3=NN2C(N)=S)cc1. The van der Waals surface area contributed by atoms with Crippen LogP contribution in [0.5, 0.6) is 11.5 Å². The molecule has 2 N–H and O–H groups in total. The quantitative estimate of drug-likeness (QED) is 0.844. The highest BCUT2D eigenvalue weighted by molar-refractivity contribution is 7.80. The van der Waals surface area contributed by atoms with Gasteiger partial charge in [-0.2, -0.15) is 5.10 Å². The van der Waals surface area contributed by atoms with Crippen molar-refractivity contribution in [2.24, 2.45) is 16.8 Å². The minimum absolute atomic E-state index is 0.00718. The average molecular weight is 367 g/mol. The first-order valence-electron chi connectivity index (χ1n) is 8.60. The van der Waals surface area contributed by atoms with Gasteiger partial charge in [0.2, 0.25) is 0 Å². The molecule has 1 aliphatic carbocycles. The monoisotopic (exact) mass is 367 g/mol. The molecule has 0 aromatic heterocycles. The third-order valence-corrected chi connectivity index (χ3v) is 5.40. The molecule has 0 saturated carbocycles. The van der Waals surface area contributed by atoms with Gasteiger partial charge in [0.05, 0.1) is 26.0 Å². The molecule has 4 rings (SSSR count). The fraction of sp³-hybridized carbons (Fsp3) is 0.300. The fourth-order valence-electron chi connectivity index (χ4n) is 3.93. The number of benzene rings is 2. The van der Waals surface area contributed by atoms with E-state index in [-0.39, 0.29) is 17.1 Å². The molecular weight excluding hydrogens is 346 g/mol. The van der Waals surface area contributed by atoms with Crippen LogP contribution in [0.25, 0.3) is 0 Å². The first-order valence-corrected chi connectivity index (χ1v) is 9.01. The van der Waals surface area contributed by atoms with Crippen LogP contribution < -0.4 is 15.2 Å². The smallest absolute Gasteiger partial charge is 0.187 e. The molecule has 2 aromatic rings. The van der Waals surface area contributed by atoms with Crippen LogP contribution in [0.3, 0.4) is 0 Å². The molecule has 2 atom stereocenters. The van der Waals surface area contributed by atoms with E-state index in [9.17, 15) is 0 Å². The van der Waals surface area contributed by atoms with Crippen LogP contribution in [-0.2, 0) is 6.42 Å². The first-order chi connectivity index (χ1) is 12.6. The lowest BCUT2D eigenvalue weighted by Gasteiger charge is -2.30. The molecule has 26 heavy (non-hydrogen) atoms. The summed E-state index contributed by atoms with van der Waals surface area (Å²) in [6.45, 7) is 0. The molecule has 6 heteroatoms. The second-order valence-electron chi connectivity index (χ2n) is 6.55. The Morgan fingerprint density at radius 2 is 1.81 bits per heavy atom. The number of nitrogens with two attached hydrogens (primary N) is 1. The summed E-state index contributed by atoms with van der Waals surface area (Å²) >= 11 is 5.30. The maximum Gasteiger partial charge on any atom is 0.187 e. The van der Waals surface area contributed by atoms with Crippen LogP contribution in [0.4, 0.5) is 0 Å². The topological polar surface area (TPSA) is 60.1 Å². The van der Waals surface area contributed by atoms with Gasteiger partial charge >= 0.3 is 0 Å². The van der Waals surface area contributed by atoms with Gasteiger partial charge in [0, 0.05) is 11.5 Å². The van der Waals surface area contributed by atoms with Gasteiger partial charge in [0.15, 0.2) is 5.11 Å². The van der Waals surface area contributed by atoms with Gasteiger partial charge in [-0.1, -0.05) is 18.2 Å². The third kappa shape index (κ3) is 2.70. The molecule has 0 bridgehead atoms. The highest BCUT2D eigenvalue weighted by Gasteiger charge is 2.42. The van der Waals surface area contributed by atoms with Crippen molar-refractivity contribution in [3.8, 4) is 11.5 Å². The second kappa shape index (κ2) is 6.61. The minimum atomic E-state index is 0.00718. The van der Waals surface area contributed by atoms with E-state index in [0.717, 1.165) is 41.2 Å². The van der Waals surface area contributed by atoms with Crippen molar-refractivity contribution in [1.29, 1.82) is 0 Å². The molecule has 2 aliphatic rings. The molecule has 0 amide bonds. The van der Waals surface area contributed by atoms with E-state index in [1.165, 1.54) is 5.56 Å². The molecular formula is C20H21N3O2S. The maximum atomic E-state index is 6.01.